The van der Waals surface area contributed by atoms with Crippen LogP contribution in [-0.2, 0) is 13.0 Å². The van der Waals surface area contributed by atoms with Crippen molar-refractivity contribution in [2.24, 2.45) is 0 Å². The average molecular weight is 276 g/mol. The van der Waals surface area contributed by atoms with Crippen LogP contribution in [0.5, 0.6) is 11.5 Å². The van der Waals surface area contributed by atoms with Gasteiger partial charge in [0, 0.05) is 30.0 Å². The van der Waals surface area contributed by atoms with Crippen LogP contribution in [0.4, 0.5) is 0 Å². The van der Waals surface area contributed by atoms with Crippen molar-refractivity contribution in [1.82, 2.24) is 10.3 Å². The number of hydrogen-bond acceptors (Lipinski definition) is 5. The zero-order valence-electron chi connectivity index (χ0n) is 10.8. The molecule has 2 aromatic rings. The second-order valence-electron chi connectivity index (χ2n) is 4.43. The lowest BCUT2D eigenvalue weighted by Crippen LogP contribution is -2.22. The number of fused-ring (bicyclic) bond motifs is 1. The molecule has 0 saturated carbocycles. The number of hydrogen-bond donors (Lipinski definition) is 2. The van der Waals surface area contributed by atoms with E-state index in [1.807, 2.05) is 19.1 Å². The number of aromatic nitrogens is 1. The second kappa shape index (κ2) is 5.19. The molecule has 3 rings (SSSR count). The fourth-order valence-corrected chi connectivity index (χ4v) is 3.24. The average Bonchev–Trinajstić information content (AvgIpc) is 2.85. The van der Waals surface area contributed by atoms with Gasteiger partial charge in [0.1, 0.15) is 5.01 Å². The minimum Gasteiger partial charge on any atom is -0.504 e. The predicted octanol–water partition coefficient (Wildman–Crippen LogP) is 2.56. The molecule has 0 atom stereocenters. The first-order valence-electron chi connectivity index (χ1n) is 6.43. The highest BCUT2D eigenvalue weighted by Gasteiger charge is 2.16. The highest BCUT2D eigenvalue weighted by molar-refractivity contribution is 7.15. The lowest BCUT2D eigenvalue weighted by molar-refractivity contribution is 0.318. The highest BCUT2D eigenvalue weighted by atomic mass is 32.1. The summed E-state index contributed by atoms with van der Waals surface area (Å²) in [4.78, 5) is 6.01. The topological polar surface area (TPSA) is 54.4 Å². The van der Waals surface area contributed by atoms with E-state index < -0.39 is 0 Å². The van der Waals surface area contributed by atoms with E-state index in [1.54, 1.807) is 17.4 Å². The maximum atomic E-state index is 9.72. The Morgan fingerprint density at radius 1 is 1.47 bits per heavy atom. The molecule has 0 aliphatic carbocycles. The summed E-state index contributed by atoms with van der Waals surface area (Å²) in [6.07, 6.45) is 0.988. The number of phenols is 1. The van der Waals surface area contributed by atoms with Crippen molar-refractivity contribution in [3.05, 3.63) is 28.8 Å². The molecule has 0 saturated heterocycles. The van der Waals surface area contributed by atoms with Gasteiger partial charge in [0.2, 0.25) is 0 Å². The van der Waals surface area contributed by atoms with E-state index >= 15 is 0 Å². The third-order valence-corrected chi connectivity index (χ3v) is 4.26. The van der Waals surface area contributed by atoms with Gasteiger partial charge in [-0.25, -0.2) is 4.98 Å². The summed E-state index contributed by atoms with van der Waals surface area (Å²) >= 11 is 1.71. The fraction of sp³-hybridized carbons (Fsp3) is 0.357. The van der Waals surface area contributed by atoms with Gasteiger partial charge in [-0.2, -0.15) is 0 Å². The molecule has 1 aliphatic rings. The molecule has 2 N–H and O–H groups in total. The van der Waals surface area contributed by atoms with E-state index in [4.69, 9.17) is 9.72 Å². The fourth-order valence-electron chi connectivity index (χ4n) is 2.17. The van der Waals surface area contributed by atoms with Gasteiger partial charge in [0.15, 0.2) is 11.5 Å². The summed E-state index contributed by atoms with van der Waals surface area (Å²) in [5, 5.41) is 14.1. The lowest BCUT2D eigenvalue weighted by atomic mass is 10.2. The predicted molar refractivity (Wildman–Crippen MR) is 75.8 cm³/mol. The smallest absolute Gasteiger partial charge is 0.161 e. The molecule has 0 amide bonds. The van der Waals surface area contributed by atoms with Gasteiger partial charge in [-0.1, -0.05) is 0 Å². The number of thiazole rings is 1. The maximum Gasteiger partial charge on any atom is 0.161 e. The first kappa shape index (κ1) is 12.4. The third kappa shape index (κ3) is 2.43. The number of nitrogens with zero attached hydrogens (tertiary/aromatic N) is 1. The van der Waals surface area contributed by atoms with Crippen LogP contribution in [0.25, 0.3) is 10.6 Å². The molecule has 100 valence electrons. The number of ether oxygens (including phenoxy) is 1. The van der Waals surface area contributed by atoms with Crippen LogP contribution < -0.4 is 10.1 Å². The molecule has 0 bridgehead atoms. The van der Waals surface area contributed by atoms with E-state index in [2.05, 4.69) is 5.32 Å². The van der Waals surface area contributed by atoms with Crippen molar-refractivity contribution in [3.63, 3.8) is 0 Å². The molecule has 1 aromatic heterocycles. The quantitative estimate of drug-likeness (QED) is 0.904. The van der Waals surface area contributed by atoms with Gasteiger partial charge in [-0.15, -0.1) is 11.3 Å². The van der Waals surface area contributed by atoms with Crippen LogP contribution in [-0.4, -0.2) is 23.2 Å². The monoisotopic (exact) mass is 276 g/mol. The summed E-state index contributed by atoms with van der Waals surface area (Å²) in [5.74, 6) is 0.694. The van der Waals surface area contributed by atoms with Crippen LogP contribution in [0, 0.1) is 0 Å². The van der Waals surface area contributed by atoms with Crippen LogP contribution in [0.2, 0.25) is 0 Å². The van der Waals surface area contributed by atoms with E-state index in [9.17, 15) is 5.11 Å². The number of benzene rings is 1. The van der Waals surface area contributed by atoms with Crippen LogP contribution in [0.15, 0.2) is 18.2 Å². The molecular weight excluding hydrogens is 260 g/mol. The molecule has 19 heavy (non-hydrogen) atoms. The zero-order valence-corrected chi connectivity index (χ0v) is 11.6. The molecule has 0 fully saturated rings. The Labute approximate surface area is 116 Å². The highest BCUT2D eigenvalue weighted by Crippen LogP contribution is 2.35. The zero-order chi connectivity index (χ0) is 13.2. The largest absolute Gasteiger partial charge is 0.504 e. The van der Waals surface area contributed by atoms with Crippen LogP contribution >= 0.6 is 11.3 Å². The van der Waals surface area contributed by atoms with Crippen LogP contribution in [0.1, 0.15) is 17.5 Å². The summed E-state index contributed by atoms with van der Waals surface area (Å²) < 4.78 is 5.42. The first-order chi connectivity index (χ1) is 9.28. The van der Waals surface area contributed by atoms with Gasteiger partial charge in [0.05, 0.1) is 12.3 Å². The van der Waals surface area contributed by atoms with E-state index in [0.29, 0.717) is 12.4 Å². The first-order valence-corrected chi connectivity index (χ1v) is 7.25. The van der Waals surface area contributed by atoms with Gasteiger partial charge in [-0.05, 0) is 25.1 Å². The van der Waals surface area contributed by atoms with Crippen molar-refractivity contribution in [2.75, 3.05) is 13.2 Å². The molecule has 0 spiro atoms. The molecule has 1 aromatic carbocycles. The Kier molecular flexibility index (Phi) is 3.40. The number of phenolic OH excluding ortho intramolecular Hbond substituents is 1. The third-order valence-electron chi connectivity index (χ3n) is 3.11. The maximum absolute atomic E-state index is 9.72. The minimum absolute atomic E-state index is 0.175. The number of aromatic hydroxyl groups is 1. The molecule has 1 aliphatic heterocycles. The molecule has 4 nitrogen and oxygen atoms in total. The Hall–Kier alpha value is -1.59. The SMILES string of the molecule is CCOc1cc(-c2nc3c(s2)CNCC3)ccc1O. The molecule has 0 unspecified atom stereocenters. The minimum atomic E-state index is 0.175. The molecule has 0 radical (unpaired) electrons. The standard InChI is InChI=1S/C14H16N2O2S/c1-2-18-12-7-9(3-4-11(12)17)14-16-10-5-6-15-8-13(10)19-14/h3-4,7,15,17H,2,5-6,8H2,1H3. The number of rotatable bonds is 3. The number of nitrogens with one attached hydrogen (secondary N) is 1. The van der Waals surface area contributed by atoms with E-state index in [0.717, 1.165) is 30.1 Å². The van der Waals surface area contributed by atoms with Gasteiger partial charge in [0.25, 0.3) is 0 Å². The van der Waals surface area contributed by atoms with Crippen molar-refractivity contribution in [2.45, 2.75) is 19.9 Å². The Morgan fingerprint density at radius 3 is 3.16 bits per heavy atom. The van der Waals surface area contributed by atoms with Gasteiger partial charge < -0.3 is 15.2 Å². The normalized spacial score (nSPS) is 14.2. The molecular formula is C14H16N2O2S. The van der Waals surface area contributed by atoms with Crippen molar-refractivity contribution < 1.29 is 9.84 Å². The summed E-state index contributed by atoms with van der Waals surface area (Å²) in [7, 11) is 0. The van der Waals surface area contributed by atoms with E-state index in [-0.39, 0.29) is 5.75 Å². The Balaban J connectivity index is 1.97. The van der Waals surface area contributed by atoms with E-state index in [1.165, 1.54) is 10.6 Å². The summed E-state index contributed by atoms with van der Waals surface area (Å²) in [6, 6.07) is 5.41. The molecule has 5 heteroatoms. The van der Waals surface area contributed by atoms with Crippen molar-refractivity contribution in [3.8, 4) is 22.1 Å². The summed E-state index contributed by atoms with van der Waals surface area (Å²) in [5.41, 5.74) is 2.20. The van der Waals surface area contributed by atoms with Crippen LogP contribution in [0.3, 0.4) is 0 Å². The second-order valence-corrected chi connectivity index (χ2v) is 5.51. The van der Waals surface area contributed by atoms with Gasteiger partial charge >= 0.3 is 0 Å². The summed E-state index contributed by atoms with van der Waals surface area (Å²) in [6.45, 7) is 4.34. The van der Waals surface area contributed by atoms with Crippen molar-refractivity contribution in [1.29, 1.82) is 0 Å². The Morgan fingerprint density at radius 2 is 2.37 bits per heavy atom. The molecule has 2 heterocycles. The Bertz CT molecular complexity index is 572. The lowest BCUT2D eigenvalue weighted by Gasteiger charge is -2.09. The van der Waals surface area contributed by atoms with Gasteiger partial charge in [-0.3, -0.25) is 0 Å². The van der Waals surface area contributed by atoms with Crippen molar-refractivity contribution >= 4 is 11.3 Å².